The second-order valence-corrected chi connectivity index (χ2v) is 25.1. The molecular formula is C66H91N15O12. The minimum atomic E-state index is -0.728. The topological polar surface area (TPSA) is 356 Å². The highest BCUT2D eigenvalue weighted by molar-refractivity contribution is 6.14. The maximum atomic E-state index is 12.4. The van der Waals surface area contributed by atoms with Crippen molar-refractivity contribution in [3.05, 3.63) is 55.7 Å². The van der Waals surface area contributed by atoms with Crippen molar-refractivity contribution in [2.45, 2.75) is 193 Å². The Morgan fingerprint density at radius 3 is 1.18 bits per heavy atom. The van der Waals surface area contributed by atoms with Gasteiger partial charge in [-0.25, -0.2) is 40.1 Å². The second kappa shape index (κ2) is 36.1. The first-order chi connectivity index (χ1) is 43.5. The normalized spacial score (nSPS) is 17.6. The number of hydrogen-bond donors (Lipinski definition) is 0. The van der Waals surface area contributed by atoms with Crippen LogP contribution in [0.3, 0.4) is 0 Å². The van der Waals surface area contributed by atoms with Gasteiger partial charge in [0.25, 0.3) is 41.4 Å². The number of hydrogen-bond acceptors (Lipinski definition) is 20. The van der Waals surface area contributed by atoms with Gasteiger partial charge in [0.05, 0.1) is 32.1 Å². The maximum Gasteiger partial charge on any atom is 0.290 e. The summed E-state index contributed by atoms with van der Waals surface area (Å²) in [6, 6.07) is 9.35. The van der Waals surface area contributed by atoms with Crippen LogP contribution in [0.1, 0.15) is 193 Å². The molecule has 27 nitrogen and oxygen atoms in total. The number of rotatable bonds is 15. The number of amides is 12. The summed E-state index contributed by atoms with van der Waals surface area (Å²) in [6.45, 7) is 27.6. The summed E-state index contributed by atoms with van der Waals surface area (Å²) in [7, 11) is 4.56. The summed E-state index contributed by atoms with van der Waals surface area (Å²) >= 11 is 0. The van der Waals surface area contributed by atoms with Crippen molar-refractivity contribution in [2.75, 3.05) is 53.9 Å². The van der Waals surface area contributed by atoms with Gasteiger partial charge in [-0.2, -0.15) is 36.3 Å². The fourth-order valence-corrected chi connectivity index (χ4v) is 10.1. The number of nitriles is 5. The van der Waals surface area contributed by atoms with Crippen molar-refractivity contribution in [1.29, 1.82) is 26.3 Å². The monoisotopic (exact) mass is 1290 g/mol. The Hall–Kier alpha value is -9.33. The van der Waals surface area contributed by atoms with Crippen LogP contribution in [0.25, 0.3) is 0 Å². The Balaban J connectivity index is 0.000000399. The molecule has 1 saturated heterocycles. The van der Waals surface area contributed by atoms with E-state index in [2.05, 4.69) is 13.8 Å². The zero-order chi connectivity index (χ0) is 71.2. The summed E-state index contributed by atoms with van der Waals surface area (Å²) in [5.74, 6) is -5.25. The molecule has 0 saturated carbocycles. The van der Waals surface area contributed by atoms with Crippen LogP contribution in [0.5, 0.6) is 0 Å². The molecule has 0 aromatic carbocycles. The van der Waals surface area contributed by atoms with Gasteiger partial charge in [0.15, 0.2) is 0 Å². The number of unbranched alkanes of at least 4 members (excludes halogenated alkanes) is 3. The average Bonchev–Trinajstić information content (AvgIpc) is 0.857. The minimum Gasteiger partial charge on any atom is -0.273 e. The standard InChI is InChI=1S/C16H23N3O3.C15H23N3O2.C14H19N3O3.C12H15N3O2.C9H11N3O2/c1-6-7-8-11-9-13(20)19(14(21)12(11)10-17)18(5)15(22)16(2,3)4;1-4-6-8-17(9-7-5-2)18-14(19)10-12(3)13(11-16)15(18)20;1-6-16(13(20)14(3,4)5)17-11(18)7-9(2)10(8-15)12(17)19;1-9-7-11(16)15(12(17)10(9)8-13)14-5-3-2-4-6-14;1-6-4-8(13)12(11(2)3)9(14)7(6)5-10/h6-9H2,1-5H3;4-10H2,1-3H3;6-7H2,1-5H3;2-7H2,1H3;4H2,1-3H3. The number of nitrogens with zero attached hydrogens (tertiary/aromatic N) is 15. The smallest absolute Gasteiger partial charge is 0.273 e. The molecule has 0 spiro atoms. The van der Waals surface area contributed by atoms with Gasteiger partial charge >= 0.3 is 0 Å². The zero-order valence-electron chi connectivity index (χ0n) is 57.2. The van der Waals surface area contributed by atoms with E-state index >= 15 is 0 Å². The fourth-order valence-electron chi connectivity index (χ4n) is 10.1. The van der Waals surface area contributed by atoms with E-state index in [4.69, 9.17) is 21.0 Å². The van der Waals surface area contributed by atoms with Gasteiger partial charge in [-0.1, -0.05) is 88.0 Å². The van der Waals surface area contributed by atoms with Crippen molar-refractivity contribution in [3.8, 4) is 30.3 Å². The molecule has 0 N–H and O–H groups in total. The van der Waals surface area contributed by atoms with Gasteiger partial charge in [-0.3, -0.25) is 57.5 Å². The Morgan fingerprint density at radius 1 is 0.441 bits per heavy atom. The van der Waals surface area contributed by atoms with E-state index in [1.807, 2.05) is 37.3 Å². The van der Waals surface area contributed by atoms with Gasteiger partial charge in [-0.15, -0.1) is 0 Å². The van der Waals surface area contributed by atoms with Crippen LogP contribution < -0.4 is 0 Å². The first kappa shape index (κ1) is 79.8. The molecule has 0 radical (unpaired) electrons. The van der Waals surface area contributed by atoms with E-state index in [1.54, 1.807) is 100 Å². The van der Waals surface area contributed by atoms with Crippen LogP contribution in [0.15, 0.2) is 55.7 Å². The highest BCUT2D eigenvalue weighted by Gasteiger charge is 2.43. The Bertz CT molecular complexity index is 3340. The Morgan fingerprint density at radius 2 is 0.796 bits per heavy atom. The van der Waals surface area contributed by atoms with Crippen LogP contribution in [-0.2, 0) is 57.5 Å². The molecule has 93 heavy (non-hydrogen) atoms. The molecule has 1 fully saturated rings. The van der Waals surface area contributed by atoms with Gasteiger partial charge in [0, 0.05) is 64.7 Å². The third kappa shape index (κ3) is 20.3. The lowest BCUT2D eigenvalue weighted by atomic mass is 9.94. The van der Waals surface area contributed by atoms with Crippen LogP contribution in [0, 0.1) is 67.5 Å². The average molecular weight is 1290 g/mol. The van der Waals surface area contributed by atoms with Gasteiger partial charge in [-0.05, 0) is 101 Å². The third-order valence-corrected chi connectivity index (χ3v) is 15.2. The number of hydrazine groups is 5. The molecule has 0 bridgehead atoms. The number of carbonyl (C=O) groups is 12. The van der Waals surface area contributed by atoms with Crippen LogP contribution in [0.4, 0.5) is 0 Å². The first-order valence-corrected chi connectivity index (χ1v) is 31.1. The van der Waals surface area contributed by atoms with E-state index in [-0.39, 0.29) is 96.1 Å². The van der Waals surface area contributed by atoms with Crippen molar-refractivity contribution in [2.24, 2.45) is 10.8 Å². The molecule has 6 heterocycles. The molecule has 502 valence electrons. The fraction of sp³-hybridized carbons (Fsp3) is 0.591. The quantitative estimate of drug-likeness (QED) is 0.149. The van der Waals surface area contributed by atoms with Crippen LogP contribution in [-0.4, -0.2) is 175 Å². The van der Waals surface area contributed by atoms with E-state index in [1.165, 1.54) is 22.1 Å². The summed E-state index contributed by atoms with van der Waals surface area (Å²) in [5.41, 5.74) is 1.49. The molecule has 0 aliphatic carbocycles. The van der Waals surface area contributed by atoms with E-state index < -0.39 is 52.2 Å². The summed E-state index contributed by atoms with van der Waals surface area (Å²) in [5, 5.41) is 57.1. The second-order valence-electron chi connectivity index (χ2n) is 25.1. The summed E-state index contributed by atoms with van der Waals surface area (Å²) in [4.78, 5) is 145. The molecule has 0 aromatic rings. The molecule has 6 aliphatic heterocycles. The minimum absolute atomic E-state index is 0.0103. The number of piperidine rings is 1. The number of imide groups is 5. The third-order valence-electron chi connectivity index (χ3n) is 15.2. The zero-order valence-corrected chi connectivity index (χ0v) is 57.2. The molecule has 0 unspecified atom stereocenters. The summed E-state index contributed by atoms with van der Waals surface area (Å²) in [6.07, 6.45) is 9.68. The molecule has 6 aliphatic rings. The van der Waals surface area contributed by atoms with Gasteiger partial charge in [0.2, 0.25) is 29.5 Å². The first-order valence-electron chi connectivity index (χ1n) is 31.1. The molecule has 27 heteroatoms. The van der Waals surface area contributed by atoms with Gasteiger partial charge < -0.3 is 0 Å². The van der Waals surface area contributed by atoms with Crippen molar-refractivity contribution >= 4 is 70.9 Å². The van der Waals surface area contributed by atoms with Crippen molar-refractivity contribution in [1.82, 2.24) is 50.1 Å². The molecule has 12 amide bonds. The Kier molecular flexibility index (Phi) is 30.9. The highest BCUT2D eigenvalue weighted by Crippen LogP contribution is 2.30. The predicted molar refractivity (Wildman–Crippen MR) is 337 cm³/mol. The van der Waals surface area contributed by atoms with E-state index in [0.717, 1.165) is 95.9 Å². The van der Waals surface area contributed by atoms with Crippen LogP contribution in [0.2, 0.25) is 0 Å². The molecular weight excluding hydrogens is 1190 g/mol. The number of carbonyl (C=O) groups excluding carboxylic acids is 12. The van der Waals surface area contributed by atoms with Crippen molar-refractivity contribution < 1.29 is 57.5 Å². The predicted octanol–water partition coefficient (Wildman–Crippen LogP) is 7.02. The van der Waals surface area contributed by atoms with Gasteiger partial charge in [0.1, 0.15) is 58.2 Å². The SMILES string of the molecule is CC1=C(C#N)C(=O)N(N(C)C)C(=O)C1.CC1=C(C#N)C(=O)N(N2CCCCC2)C(=O)C1.CCCCC1=C(C#N)C(=O)N(N(C)C(=O)C(C)(C)C)C(=O)C1.CCCCN(CCCC)N1C(=O)CC(C)=C(C#N)C1=O.CCN(C(=O)C(C)(C)C)N1C(=O)CC(C)=C(C#N)C1=O. The largest absolute Gasteiger partial charge is 0.290 e. The molecule has 6 rings (SSSR count). The Labute approximate surface area is 546 Å². The van der Waals surface area contributed by atoms with Crippen LogP contribution >= 0.6 is 0 Å². The lowest BCUT2D eigenvalue weighted by molar-refractivity contribution is -0.175. The molecule has 0 aromatic heterocycles. The van der Waals surface area contributed by atoms with E-state index in [9.17, 15) is 62.8 Å². The summed E-state index contributed by atoms with van der Waals surface area (Å²) < 4.78 is 0. The lowest BCUT2D eigenvalue weighted by Gasteiger charge is -2.37. The molecule has 0 atom stereocenters. The lowest BCUT2D eigenvalue weighted by Crippen LogP contribution is -2.57. The van der Waals surface area contributed by atoms with E-state index in [0.29, 0.717) is 47.4 Å². The van der Waals surface area contributed by atoms with Crippen molar-refractivity contribution in [3.63, 3.8) is 0 Å². The maximum absolute atomic E-state index is 12.4. The highest BCUT2D eigenvalue weighted by atomic mass is 16.2.